The molecule has 1 saturated carbocycles. The Morgan fingerprint density at radius 3 is 2.34 bits per heavy atom. The number of likely N-dealkylation sites (tertiary alicyclic amines) is 1. The van der Waals surface area contributed by atoms with Crippen LogP contribution in [-0.2, 0) is 4.79 Å². The molecule has 0 radical (unpaired) electrons. The average Bonchev–Trinajstić information content (AvgIpc) is 3.05. The summed E-state index contributed by atoms with van der Waals surface area (Å²) in [5.41, 5.74) is 1.14. The van der Waals surface area contributed by atoms with Crippen LogP contribution in [0.1, 0.15) is 67.2 Å². The molecule has 3 amide bonds. The number of amides is 3. The number of carbonyl (C=O) groups is 3. The molecular formula is C23H30N2O3S. The smallest absolute Gasteiger partial charge is 0.262 e. The van der Waals surface area contributed by atoms with Crippen LogP contribution in [0.3, 0.4) is 0 Å². The zero-order valence-corrected chi connectivity index (χ0v) is 18.6. The fourth-order valence-corrected chi connectivity index (χ4v) is 6.45. The second-order valence-corrected chi connectivity index (χ2v) is 11.0. The van der Waals surface area contributed by atoms with Gasteiger partial charge in [0.1, 0.15) is 6.04 Å². The van der Waals surface area contributed by atoms with Gasteiger partial charge in [0.2, 0.25) is 5.91 Å². The van der Waals surface area contributed by atoms with Crippen LogP contribution in [0.25, 0.3) is 0 Å². The Morgan fingerprint density at radius 2 is 1.76 bits per heavy atom. The highest BCUT2D eigenvalue weighted by Gasteiger charge is 2.53. The minimum atomic E-state index is -0.721. The molecule has 2 bridgehead atoms. The molecule has 1 aromatic rings. The maximum absolute atomic E-state index is 13.7. The van der Waals surface area contributed by atoms with Gasteiger partial charge >= 0.3 is 0 Å². The van der Waals surface area contributed by atoms with Crippen LogP contribution in [0.4, 0.5) is 0 Å². The van der Waals surface area contributed by atoms with E-state index in [0.717, 1.165) is 31.6 Å². The number of imide groups is 1. The van der Waals surface area contributed by atoms with E-state index in [1.165, 1.54) is 4.90 Å². The van der Waals surface area contributed by atoms with Crippen molar-refractivity contribution in [2.24, 2.45) is 10.8 Å². The highest BCUT2D eigenvalue weighted by atomic mass is 32.2. The van der Waals surface area contributed by atoms with Crippen molar-refractivity contribution < 1.29 is 14.4 Å². The molecule has 2 heterocycles. The Balaban J connectivity index is 1.64. The average molecular weight is 415 g/mol. The summed E-state index contributed by atoms with van der Waals surface area (Å²) in [6.45, 7) is 7.55. The summed E-state index contributed by atoms with van der Waals surface area (Å²) in [4.78, 5) is 43.1. The lowest BCUT2D eigenvalue weighted by atomic mass is 9.65. The molecule has 0 spiro atoms. The monoisotopic (exact) mass is 414 g/mol. The molecule has 4 rings (SSSR count). The van der Waals surface area contributed by atoms with Gasteiger partial charge in [-0.1, -0.05) is 32.9 Å². The topological polar surface area (TPSA) is 57.7 Å². The van der Waals surface area contributed by atoms with E-state index in [1.807, 2.05) is 11.2 Å². The van der Waals surface area contributed by atoms with E-state index in [1.54, 1.807) is 36.0 Å². The fourth-order valence-electron chi connectivity index (χ4n) is 5.99. The SMILES string of the molecule is CSCC[C@H](C(=O)N1C[C@@]2(C)C[C@@H]1CC(C)(C)C2)N1C(=O)c2ccccc2C1=O. The summed E-state index contributed by atoms with van der Waals surface area (Å²) >= 11 is 1.63. The van der Waals surface area contributed by atoms with Gasteiger partial charge in [0, 0.05) is 12.6 Å². The number of hydrogen-bond donors (Lipinski definition) is 0. The van der Waals surface area contributed by atoms with Crippen molar-refractivity contribution in [3.05, 3.63) is 35.4 Å². The second kappa shape index (κ2) is 7.15. The van der Waals surface area contributed by atoms with Crippen LogP contribution in [-0.4, -0.2) is 58.2 Å². The van der Waals surface area contributed by atoms with E-state index in [2.05, 4.69) is 20.8 Å². The summed E-state index contributed by atoms with van der Waals surface area (Å²) in [6, 6.07) is 6.36. The predicted molar refractivity (Wildman–Crippen MR) is 115 cm³/mol. The number of fused-ring (bicyclic) bond motifs is 3. The number of carbonyl (C=O) groups excluding carboxylic acids is 3. The molecule has 3 atom stereocenters. The lowest BCUT2D eigenvalue weighted by molar-refractivity contribution is -0.136. The Bertz CT molecular complexity index is 832. The molecule has 0 aromatic heterocycles. The Morgan fingerprint density at radius 1 is 1.14 bits per heavy atom. The van der Waals surface area contributed by atoms with Crippen LogP contribution >= 0.6 is 11.8 Å². The van der Waals surface area contributed by atoms with Gasteiger partial charge in [-0.3, -0.25) is 19.3 Å². The van der Waals surface area contributed by atoms with E-state index in [4.69, 9.17) is 0 Å². The first kappa shape index (κ1) is 20.5. The zero-order chi connectivity index (χ0) is 21.0. The molecule has 5 nitrogen and oxygen atoms in total. The van der Waals surface area contributed by atoms with Gasteiger partial charge < -0.3 is 4.90 Å². The highest BCUT2D eigenvalue weighted by molar-refractivity contribution is 7.98. The molecule has 2 fully saturated rings. The Hall–Kier alpha value is -1.82. The lowest BCUT2D eigenvalue weighted by Crippen LogP contribution is -2.52. The quantitative estimate of drug-likeness (QED) is 0.687. The minimum absolute atomic E-state index is 0.0556. The predicted octanol–water partition coefficient (Wildman–Crippen LogP) is 3.83. The molecule has 1 aromatic carbocycles. The van der Waals surface area contributed by atoms with Gasteiger partial charge in [-0.15, -0.1) is 0 Å². The summed E-state index contributed by atoms with van der Waals surface area (Å²) in [6.07, 6.45) is 5.57. The molecule has 29 heavy (non-hydrogen) atoms. The van der Waals surface area contributed by atoms with Crippen molar-refractivity contribution in [3.63, 3.8) is 0 Å². The van der Waals surface area contributed by atoms with Crippen molar-refractivity contribution >= 4 is 29.5 Å². The van der Waals surface area contributed by atoms with Gasteiger partial charge in [0.25, 0.3) is 11.8 Å². The molecule has 6 heteroatoms. The number of benzene rings is 1. The fraction of sp³-hybridized carbons (Fsp3) is 0.609. The summed E-state index contributed by atoms with van der Waals surface area (Å²) < 4.78 is 0. The van der Waals surface area contributed by atoms with E-state index in [0.29, 0.717) is 17.5 Å². The summed E-state index contributed by atoms with van der Waals surface area (Å²) in [5.74, 6) is 0.00273. The van der Waals surface area contributed by atoms with Crippen LogP contribution in [0.15, 0.2) is 24.3 Å². The first-order valence-corrected chi connectivity index (χ1v) is 11.8. The maximum atomic E-state index is 13.7. The number of hydrogen-bond acceptors (Lipinski definition) is 4. The number of rotatable bonds is 5. The molecule has 0 unspecified atom stereocenters. The maximum Gasteiger partial charge on any atom is 0.262 e. The van der Waals surface area contributed by atoms with E-state index >= 15 is 0 Å². The minimum Gasteiger partial charge on any atom is -0.337 e. The van der Waals surface area contributed by atoms with Crippen molar-refractivity contribution in [2.45, 2.75) is 58.5 Å². The largest absolute Gasteiger partial charge is 0.337 e. The molecule has 3 aliphatic rings. The van der Waals surface area contributed by atoms with Crippen molar-refractivity contribution in [1.29, 1.82) is 0 Å². The van der Waals surface area contributed by atoms with E-state index in [9.17, 15) is 14.4 Å². The molecule has 156 valence electrons. The van der Waals surface area contributed by atoms with Gasteiger partial charge in [0.15, 0.2) is 0 Å². The molecular weight excluding hydrogens is 384 g/mol. The van der Waals surface area contributed by atoms with Crippen molar-refractivity contribution in [2.75, 3.05) is 18.6 Å². The normalized spacial score (nSPS) is 28.6. The van der Waals surface area contributed by atoms with Crippen LogP contribution < -0.4 is 0 Å². The van der Waals surface area contributed by atoms with Crippen LogP contribution in [0.5, 0.6) is 0 Å². The molecule has 1 aliphatic carbocycles. The molecule has 2 aliphatic heterocycles. The number of nitrogens with zero attached hydrogens (tertiary/aromatic N) is 2. The van der Waals surface area contributed by atoms with Gasteiger partial charge in [-0.05, 0) is 60.7 Å². The third-order valence-electron chi connectivity index (χ3n) is 6.72. The summed E-state index contributed by atoms with van der Waals surface area (Å²) in [7, 11) is 0. The van der Waals surface area contributed by atoms with Gasteiger partial charge in [-0.25, -0.2) is 0 Å². The Labute approximate surface area is 177 Å². The lowest BCUT2D eigenvalue weighted by Gasteiger charge is -2.39. The first-order valence-electron chi connectivity index (χ1n) is 10.4. The van der Waals surface area contributed by atoms with Crippen LogP contribution in [0, 0.1) is 10.8 Å². The standard InChI is InChI=1S/C23H30N2O3S/c1-22(2)11-15-12-23(3,13-22)14-24(15)21(28)18(9-10-29-4)25-19(26)16-7-5-6-8-17(16)20(25)27/h5-8,15,18H,9-14H2,1-4H3/t15-,18+,23-/m0/s1. The first-order chi connectivity index (χ1) is 13.7. The molecule has 0 N–H and O–H groups in total. The van der Waals surface area contributed by atoms with E-state index < -0.39 is 6.04 Å². The zero-order valence-electron chi connectivity index (χ0n) is 17.7. The second-order valence-electron chi connectivity index (χ2n) is 10.0. The third-order valence-corrected chi connectivity index (χ3v) is 7.36. The number of thioether (sulfide) groups is 1. The van der Waals surface area contributed by atoms with E-state index in [-0.39, 0.29) is 34.6 Å². The summed E-state index contributed by atoms with van der Waals surface area (Å²) in [5, 5.41) is 0. The van der Waals surface area contributed by atoms with Crippen molar-refractivity contribution in [3.8, 4) is 0 Å². The third kappa shape index (κ3) is 3.49. The van der Waals surface area contributed by atoms with Gasteiger partial charge in [-0.2, -0.15) is 11.8 Å². The van der Waals surface area contributed by atoms with Crippen LogP contribution in [0.2, 0.25) is 0 Å². The van der Waals surface area contributed by atoms with Crippen molar-refractivity contribution in [1.82, 2.24) is 9.80 Å². The molecule has 1 saturated heterocycles. The Kier molecular flexibility index (Phi) is 5.04. The highest BCUT2D eigenvalue weighted by Crippen LogP contribution is 2.52. The van der Waals surface area contributed by atoms with Gasteiger partial charge in [0.05, 0.1) is 11.1 Å².